The van der Waals surface area contributed by atoms with Crippen molar-refractivity contribution in [2.75, 3.05) is 30.7 Å². The molecule has 0 aliphatic heterocycles. The highest BCUT2D eigenvalue weighted by molar-refractivity contribution is 14.1. The second-order valence-electron chi connectivity index (χ2n) is 10.9. The quantitative estimate of drug-likeness (QED) is 0.0616. The predicted octanol–water partition coefficient (Wildman–Crippen LogP) is 0.246. The van der Waals surface area contributed by atoms with Crippen LogP contribution in [0.15, 0.2) is 36.4 Å². The van der Waals surface area contributed by atoms with E-state index >= 15 is 0 Å². The molecule has 0 radical (unpaired) electrons. The topological polar surface area (TPSA) is 169 Å². The molecule has 1 saturated carbocycles. The molecule has 0 spiro atoms. The Morgan fingerprint density at radius 1 is 0.911 bits per heavy atom. The molecule has 0 aromatic heterocycles. The number of halogens is 3. The van der Waals surface area contributed by atoms with Crippen LogP contribution in [0.3, 0.4) is 0 Å². The standard InChI is InChI=1S/C29H38B2F2IN3O8/c32-25-9-7-19(15-23(25)30(41)42)28(39)36-21-5-4-6-22(17-21)37(18-27(38)35-12-2-1-3-13-45-14-11-34)29(40)20-8-10-26(33)24(16-20)31(43)44/h7-10,15-16,21-22,41-44H,1-6,11-14,17-18H2,(H,35,38)(H,36,39). The van der Waals surface area contributed by atoms with Gasteiger partial charge in [-0.15, -0.1) is 0 Å². The molecule has 3 amide bonds. The lowest BCUT2D eigenvalue weighted by Gasteiger charge is -2.37. The number of hydrogen-bond acceptors (Lipinski definition) is 8. The Kier molecular flexibility index (Phi) is 15.1. The summed E-state index contributed by atoms with van der Waals surface area (Å²) in [5.41, 5.74) is -0.936. The van der Waals surface area contributed by atoms with Gasteiger partial charge in [-0.1, -0.05) is 22.6 Å². The SMILES string of the molecule is O=C(CN(C(=O)c1ccc(F)c(B(O)O)c1)C1CCCC(NC(=O)c2ccc(F)c(B(O)O)c2)C1)NCCCCCOCCI. The third-order valence-corrected chi connectivity index (χ3v) is 8.00. The minimum atomic E-state index is -2.14. The Hall–Kier alpha value is -2.63. The van der Waals surface area contributed by atoms with Crippen molar-refractivity contribution >= 4 is 65.5 Å². The number of carbonyl (C=O) groups is 3. The third kappa shape index (κ3) is 11.3. The number of ether oxygens (including phenoxy) is 1. The van der Waals surface area contributed by atoms with Gasteiger partial charge in [0, 0.05) is 51.7 Å². The van der Waals surface area contributed by atoms with Gasteiger partial charge in [0.05, 0.1) is 6.61 Å². The van der Waals surface area contributed by atoms with Crippen LogP contribution in [0, 0.1) is 11.6 Å². The van der Waals surface area contributed by atoms with Crippen molar-refractivity contribution in [2.45, 2.75) is 57.0 Å². The number of alkyl halides is 1. The van der Waals surface area contributed by atoms with E-state index in [0.29, 0.717) is 39.0 Å². The molecule has 2 atom stereocenters. The number of hydrogen-bond donors (Lipinski definition) is 6. The summed E-state index contributed by atoms with van der Waals surface area (Å²) in [6.45, 7) is 1.43. The lowest BCUT2D eigenvalue weighted by Crippen LogP contribution is -2.51. The van der Waals surface area contributed by atoms with Gasteiger partial charge in [0.2, 0.25) is 5.91 Å². The lowest BCUT2D eigenvalue weighted by molar-refractivity contribution is -0.122. The fourth-order valence-corrected chi connectivity index (χ4v) is 5.55. The van der Waals surface area contributed by atoms with Crippen LogP contribution in [0.5, 0.6) is 0 Å². The number of nitrogens with one attached hydrogen (secondary N) is 2. The van der Waals surface area contributed by atoms with Crippen molar-refractivity contribution in [2.24, 2.45) is 0 Å². The molecule has 0 bridgehead atoms. The van der Waals surface area contributed by atoms with Crippen molar-refractivity contribution < 1.29 is 48.0 Å². The maximum atomic E-state index is 14.1. The second kappa shape index (κ2) is 18.5. The number of benzene rings is 2. The van der Waals surface area contributed by atoms with Gasteiger partial charge in [0.25, 0.3) is 11.8 Å². The van der Waals surface area contributed by atoms with Gasteiger partial charge in [0.1, 0.15) is 18.2 Å². The monoisotopic (exact) mass is 743 g/mol. The normalized spacial score (nSPS) is 16.2. The fraction of sp³-hybridized carbons (Fsp3) is 0.483. The summed E-state index contributed by atoms with van der Waals surface area (Å²) in [7, 11) is -4.24. The fourth-order valence-electron chi connectivity index (χ4n) is 5.24. The minimum absolute atomic E-state index is 0.0203. The zero-order valence-corrected chi connectivity index (χ0v) is 26.9. The van der Waals surface area contributed by atoms with Gasteiger partial charge in [-0.3, -0.25) is 14.4 Å². The summed E-state index contributed by atoms with van der Waals surface area (Å²) in [5.74, 6) is -3.36. The van der Waals surface area contributed by atoms with Gasteiger partial charge in [0.15, 0.2) is 0 Å². The molecule has 6 N–H and O–H groups in total. The largest absolute Gasteiger partial charge is 0.491 e. The smallest absolute Gasteiger partial charge is 0.423 e. The van der Waals surface area contributed by atoms with E-state index in [-0.39, 0.29) is 24.1 Å². The first-order chi connectivity index (χ1) is 21.5. The molecule has 16 heteroatoms. The van der Waals surface area contributed by atoms with E-state index in [4.69, 9.17) is 4.74 Å². The van der Waals surface area contributed by atoms with Crippen molar-refractivity contribution in [3.63, 3.8) is 0 Å². The molecule has 0 saturated heterocycles. The van der Waals surface area contributed by atoms with Crippen LogP contribution in [-0.4, -0.2) is 99.8 Å². The molecule has 3 rings (SSSR count). The van der Waals surface area contributed by atoms with Crippen molar-refractivity contribution in [1.29, 1.82) is 0 Å². The predicted molar refractivity (Wildman–Crippen MR) is 174 cm³/mol. The van der Waals surface area contributed by atoms with Crippen molar-refractivity contribution in [3.05, 3.63) is 59.2 Å². The average molecular weight is 743 g/mol. The lowest BCUT2D eigenvalue weighted by atomic mass is 9.79. The number of nitrogens with zero attached hydrogens (tertiary/aromatic N) is 1. The van der Waals surface area contributed by atoms with Crippen molar-refractivity contribution in [1.82, 2.24) is 15.5 Å². The molecule has 45 heavy (non-hydrogen) atoms. The van der Waals surface area contributed by atoms with Gasteiger partial charge in [-0.05, 0) is 81.3 Å². The first kappa shape index (κ1) is 36.8. The van der Waals surface area contributed by atoms with Gasteiger partial charge >= 0.3 is 14.2 Å². The summed E-state index contributed by atoms with van der Waals surface area (Å²) >= 11 is 2.24. The highest BCUT2D eigenvalue weighted by Crippen LogP contribution is 2.25. The maximum Gasteiger partial charge on any atom is 0.491 e. The summed E-state index contributed by atoms with van der Waals surface area (Å²) in [6.07, 6.45) is 4.37. The van der Waals surface area contributed by atoms with Crippen LogP contribution >= 0.6 is 22.6 Å². The van der Waals surface area contributed by atoms with E-state index in [1.165, 1.54) is 17.0 Å². The zero-order chi connectivity index (χ0) is 32.9. The third-order valence-electron chi connectivity index (χ3n) is 7.56. The molecule has 2 aromatic rings. The van der Waals surface area contributed by atoms with E-state index in [2.05, 4.69) is 33.2 Å². The van der Waals surface area contributed by atoms with Crippen LogP contribution in [0.25, 0.3) is 0 Å². The number of amides is 3. The minimum Gasteiger partial charge on any atom is -0.423 e. The Balaban J connectivity index is 1.72. The Bertz CT molecular complexity index is 1310. The maximum absolute atomic E-state index is 14.1. The summed E-state index contributed by atoms with van der Waals surface area (Å²) in [4.78, 5) is 41.0. The molecule has 2 aromatic carbocycles. The highest BCUT2D eigenvalue weighted by atomic mass is 127. The average Bonchev–Trinajstić information content (AvgIpc) is 3.01. The van der Waals surface area contributed by atoms with Crippen LogP contribution in [-0.2, 0) is 9.53 Å². The van der Waals surface area contributed by atoms with E-state index in [1.54, 1.807) is 0 Å². The van der Waals surface area contributed by atoms with E-state index in [9.17, 15) is 43.3 Å². The van der Waals surface area contributed by atoms with Gasteiger partial charge in [-0.2, -0.15) is 0 Å². The van der Waals surface area contributed by atoms with Crippen LogP contribution in [0.4, 0.5) is 8.78 Å². The first-order valence-electron chi connectivity index (χ1n) is 14.8. The number of unbranched alkanes of at least 4 members (excludes halogenated alkanes) is 2. The molecule has 1 aliphatic carbocycles. The zero-order valence-electron chi connectivity index (χ0n) is 24.8. The first-order valence-corrected chi connectivity index (χ1v) is 16.4. The highest BCUT2D eigenvalue weighted by Gasteiger charge is 2.33. The molecular formula is C29H38B2F2IN3O8. The molecule has 11 nitrogen and oxygen atoms in total. The Morgan fingerprint density at radius 2 is 1.56 bits per heavy atom. The van der Waals surface area contributed by atoms with Crippen LogP contribution < -0.4 is 21.6 Å². The van der Waals surface area contributed by atoms with E-state index in [1.807, 2.05) is 0 Å². The number of carbonyl (C=O) groups excluding carboxylic acids is 3. The molecule has 1 aliphatic rings. The number of rotatable bonds is 16. The Morgan fingerprint density at radius 3 is 2.20 bits per heavy atom. The van der Waals surface area contributed by atoms with Gasteiger partial charge in [-0.25, -0.2) is 8.78 Å². The molecule has 0 heterocycles. The van der Waals surface area contributed by atoms with Gasteiger partial charge < -0.3 is 40.4 Å². The summed E-state index contributed by atoms with van der Waals surface area (Å²) < 4.78 is 34.4. The molecular weight excluding hydrogens is 705 g/mol. The molecule has 244 valence electrons. The second-order valence-corrected chi connectivity index (χ2v) is 11.9. The summed E-state index contributed by atoms with van der Waals surface area (Å²) in [6, 6.07) is 5.50. The molecule has 2 unspecified atom stereocenters. The van der Waals surface area contributed by atoms with Crippen LogP contribution in [0.1, 0.15) is 65.7 Å². The van der Waals surface area contributed by atoms with Crippen LogP contribution in [0.2, 0.25) is 0 Å². The Labute approximate surface area is 275 Å². The van der Waals surface area contributed by atoms with Crippen molar-refractivity contribution in [3.8, 4) is 0 Å². The molecule has 1 fully saturated rings. The summed E-state index contributed by atoms with van der Waals surface area (Å²) in [5, 5.41) is 43.6. The van der Waals surface area contributed by atoms with E-state index in [0.717, 1.165) is 48.0 Å². The van der Waals surface area contributed by atoms with E-state index < -0.39 is 66.6 Å².